The molecule has 0 atom stereocenters. The fourth-order valence-corrected chi connectivity index (χ4v) is 1.98. The molecule has 0 saturated heterocycles. The van der Waals surface area contributed by atoms with Gasteiger partial charge in [0.2, 0.25) is 0 Å². The van der Waals surface area contributed by atoms with Gasteiger partial charge < -0.3 is 10.1 Å². The molecule has 6 nitrogen and oxygen atoms in total. The number of amides is 1. The Morgan fingerprint density at radius 1 is 1.12 bits per heavy atom. The molecule has 6 heteroatoms. The maximum atomic E-state index is 12.2. The SMILES string of the molecule is CC(C)CCOc1ccc(C(=O)Nc2ccc([N+](=O)[O-])cc2)cc1. The second-order valence-electron chi connectivity index (χ2n) is 5.81. The van der Waals surface area contributed by atoms with Crippen LogP contribution in [0.25, 0.3) is 0 Å². The number of nitrogens with zero attached hydrogens (tertiary/aromatic N) is 1. The Bertz CT molecular complexity index is 694. The van der Waals surface area contributed by atoms with Crippen molar-refractivity contribution in [3.05, 3.63) is 64.2 Å². The van der Waals surface area contributed by atoms with Crippen molar-refractivity contribution in [3.8, 4) is 5.75 Å². The van der Waals surface area contributed by atoms with Crippen LogP contribution in [-0.2, 0) is 0 Å². The van der Waals surface area contributed by atoms with Crippen molar-refractivity contribution in [3.63, 3.8) is 0 Å². The summed E-state index contributed by atoms with van der Waals surface area (Å²) >= 11 is 0. The Labute approximate surface area is 140 Å². The lowest BCUT2D eigenvalue weighted by atomic mass is 10.1. The van der Waals surface area contributed by atoms with Crippen molar-refractivity contribution in [2.45, 2.75) is 20.3 Å². The lowest BCUT2D eigenvalue weighted by Crippen LogP contribution is -2.11. The molecule has 0 spiro atoms. The Balaban J connectivity index is 1.93. The highest BCUT2D eigenvalue weighted by Crippen LogP contribution is 2.18. The highest BCUT2D eigenvalue weighted by molar-refractivity contribution is 6.04. The summed E-state index contributed by atoms with van der Waals surface area (Å²) in [5.41, 5.74) is 0.975. The number of rotatable bonds is 7. The van der Waals surface area contributed by atoms with E-state index < -0.39 is 4.92 Å². The first kappa shape index (κ1) is 17.5. The first-order chi connectivity index (χ1) is 11.5. The number of carbonyl (C=O) groups excluding carboxylic acids is 1. The van der Waals surface area contributed by atoms with Crippen LogP contribution in [0, 0.1) is 16.0 Å². The Morgan fingerprint density at radius 2 is 1.75 bits per heavy atom. The summed E-state index contributed by atoms with van der Waals surface area (Å²) < 4.78 is 5.61. The average Bonchev–Trinajstić information content (AvgIpc) is 2.55. The first-order valence-electron chi connectivity index (χ1n) is 7.74. The fraction of sp³-hybridized carbons (Fsp3) is 0.278. The van der Waals surface area contributed by atoms with E-state index in [0.717, 1.165) is 12.2 Å². The lowest BCUT2D eigenvalue weighted by Gasteiger charge is -2.09. The quantitative estimate of drug-likeness (QED) is 0.608. The van der Waals surface area contributed by atoms with Crippen LogP contribution in [0.15, 0.2) is 48.5 Å². The summed E-state index contributed by atoms with van der Waals surface area (Å²) in [5, 5.41) is 13.3. The molecule has 0 unspecified atom stereocenters. The molecule has 0 saturated carbocycles. The molecule has 0 aliphatic rings. The zero-order chi connectivity index (χ0) is 17.5. The van der Waals surface area contributed by atoms with E-state index in [2.05, 4.69) is 19.2 Å². The van der Waals surface area contributed by atoms with Crippen molar-refractivity contribution in [1.82, 2.24) is 0 Å². The summed E-state index contributed by atoms with van der Waals surface area (Å²) in [6, 6.07) is 12.6. The maximum absolute atomic E-state index is 12.2. The highest BCUT2D eigenvalue weighted by Gasteiger charge is 2.08. The van der Waals surface area contributed by atoms with Crippen LogP contribution in [0.4, 0.5) is 11.4 Å². The molecule has 126 valence electrons. The van der Waals surface area contributed by atoms with E-state index >= 15 is 0 Å². The van der Waals surface area contributed by atoms with Gasteiger partial charge in [-0.05, 0) is 48.7 Å². The van der Waals surface area contributed by atoms with Crippen molar-refractivity contribution in [2.75, 3.05) is 11.9 Å². The number of carbonyl (C=O) groups is 1. The molecule has 0 fully saturated rings. The number of benzene rings is 2. The smallest absolute Gasteiger partial charge is 0.269 e. The first-order valence-corrected chi connectivity index (χ1v) is 7.74. The maximum Gasteiger partial charge on any atom is 0.269 e. The van der Waals surface area contributed by atoms with Gasteiger partial charge >= 0.3 is 0 Å². The molecule has 1 amide bonds. The Morgan fingerprint density at radius 3 is 2.29 bits per heavy atom. The van der Waals surface area contributed by atoms with E-state index in [9.17, 15) is 14.9 Å². The standard InChI is InChI=1S/C18H20N2O4/c1-13(2)11-12-24-17-9-3-14(4-10-17)18(21)19-15-5-7-16(8-6-15)20(22)23/h3-10,13H,11-12H2,1-2H3,(H,19,21). The molecule has 0 aromatic heterocycles. The number of ether oxygens (including phenoxy) is 1. The van der Waals surface area contributed by atoms with E-state index in [-0.39, 0.29) is 11.6 Å². The molecular formula is C18H20N2O4. The van der Waals surface area contributed by atoms with Gasteiger partial charge in [0, 0.05) is 23.4 Å². The van der Waals surface area contributed by atoms with Gasteiger partial charge in [0.05, 0.1) is 11.5 Å². The van der Waals surface area contributed by atoms with Crippen LogP contribution in [0.1, 0.15) is 30.6 Å². The van der Waals surface area contributed by atoms with E-state index in [1.165, 1.54) is 24.3 Å². The molecule has 0 radical (unpaired) electrons. The molecular weight excluding hydrogens is 308 g/mol. The van der Waals surface area contributed by atoms with Gasteiger partial charge in [-0.25, -0.2) is 0 Å². The third kappa shape index (κ3) is 5.08. The number of hydrogen-bond acceptors (Lipinski definition) is 4. The predicted octanol–water partition coefficient (Wildman–Crippen LogP) is 4.27. The van der Waals surface area contributed by atoms with Gasteiger partial charge in [-0.2, -0.15) is 0 Å². The molecule has 24 heavy (non-hydrogen) atoms. The number of nitro groups is 1. The molecule has 1 N–H and O–H groups in total. The third-order valence-corrected chi connectivity index (χ3v) is 3.42. The van der Waals surface area contributed by atoms with Gasteiger partial charge in [0.15, 0.2) is 0 Å². The molecule has 2 rings (SSSR count). The minimum absolute atomic E-state index is 0.0177. The number of non-ortho nitro benzene ring substituents is 1. The fourth-order valence-electron chi connectivity index (χ4n) is 1.98. The molecule has 2 aromatic rings. The van der Waals surface area contributed by atoms with E-state index in [0.29, 0.717) is 23.8 Å². The minimum atomic E-state index is -0.483. The monoisotopic (exact) mass is 328 g/mol. The second kappa shape index (κ2) is 8.10. The highest BCUT2D eigenvalue weighted by atomic mass is 16.6. The molecule has 0 heterocycles. The minimum Gasteiger partial charge on any atom is -0.494 e. The second-order valence-corrected chi connectivity index (χ2v) is 5.81. The summed E-state index contributed by atoms with van der Waals surface area (Å²) in [6.07, 6.45) is 0.975. The van der Waals surface area contributed by atoms with Crippen molar-refractivity contribution in [2.24, 2.45) is 5.92 Å². The van der Waals surface area contributed by atoms with Gasteiger partial charge in [-0.1, -0.05) is 13.8 Å². The number of nitrogens with one attached hydrogen (secondary N) is 1. The zero-order valence-electron chi connectivity index (χ0n) is 13.7. The molecule has 0 aliphatic carbocycles. The van der Waals surface area contributed by atoms with Crippen molar-refractivity contribution < 1.29 is 14.5 Å². The average molecular weight is 328 g/mol. The van der Waals surface area contributed by atoms with E-state index in [4.69, 9.17) is 4.74 Å². The van der Waals surface area contributed by atoms with Crippen LogP contribution in [0.2, 0.25) is 0 Å². The number of hydrogen-bond donors (Lipinski definition) is 1. The molecule has 2 aromatic carbocycles. The van der Waals surface area contributed by atoms with Gasteiger partial charge in [0.25, 0.3) is 11.6 Å². The van der Waals surface area contributed by atoms with Crippen molar-refractivity contribution in [1.29, 1.82) is 0 Å². The number of anilines is 1. The topological polar surface area (TPSA) is 81.5 Å². The summed E-state index contributed by atoms with van der Waals surface area (Å²) in [6.45, 7) is 4.91. The van der Waals surface area contributed by atoms with Crippen LogP contribution < -0.4 is 10.1 Å². The van der Waals surface area contributed by atoms with Crippen LogP contribution in [0.5, 0.6) is 5.75 Å². The summed E-state index contributed by atoms with van der Waals surface area (Å²) in [5.74, 6) is 1.02. The van der Waals surface area contributed by atoms with Crippen LogP contribution in [-0.4, -0.2) is 17.4 Å². The zero-order valence-corrected chi connectivity index (χ0v) is 13.7. The third-order valence-electron chi connectivity index (χ3n) is 3.42. The van der Waals surface area contributed by atoms with Gasteiger partial charge in [-0.15, -0.1) is 0 Å². The van der Waals surface area contributed by atoms with E-state index in [1.807, 2.05) is 0 Å². The Hall–Kier alpha value is -2.89. The lowest BCUT2D eigenvalue weighted by molar-refractivity contribution is -0.384. The summed E-state index contributed by atoms with van der Waals surface area (Å²) in [4.78, 5) is 22.3. The van der Waals surface area contributed by atoms with Crippen molar-refractivity contribution >= 4 is 17.3 Å². The largest absolute Gasteiger partial charge is 0.494 e. The number of nitro benzene ring substituents is 1. The summed E-state index contributed by atoms with van der Waals surface area (Å²) in [7, 11) is 0. The van der Waals surface area contributed by atoms with Crippen LogP contribution in [0.3, 0.4) is 0 Å². The Kier molecular flexibility index (Phi) is 5.89. The molecule has 0 bridgehead atoms. The van der Waals surface area contributed by atoms with Crippen LogP contribution >= 0.6 is 0 Å². The van der Waals surface area contributed by atoms with Gasteiger partial charge in [0.1, 0.15) is 5.75 Å². The normalized spacial score (nSPS) is 10.5. The van der Waals surface area contributed by atoms with Gasteiger partial charge in [-0.3, -0.25) is 14.9 Å². The molecule has 0 aliphatic heterocycles. The predicted molar refractivity (Wildman–Crippen MR) is 92.4 cm³/mol. The van der Waals surface area contributed by atoms with E-state index in [1.54, 1.807) is 24.3 Å².